The van der Waals surface area contributed by atoms with Gasteiger partial charge >= 0.3 is 5.97 Å². The van der Waals surface area contributed by atoms with E-state index in [1.165, 1.54) is 6.33 Å². The summed E-state index contributed by atoms with van der Waals surface area (Å²) in [6, 6.07) is 3.22. The van der Waals surface area contributed by atoms with Gasteiger partial charge in [-0.1, -0.05) is 0 Å². The van der Waals surface area contributed by atoms with Crippen molar-refractivity contribution in [1.82, 2.24) is 14.8 Å². The van der Waals surface area contributed by atoms with E-state index in [9.17, 15) is 4.79 Å². The molecule has 0 fully saturated rings. The first kappa shape index (κ1) is 10.4. The summed E-state index contributed by atoms with van der Waals surface area (Å²) in [4.78, 5) is 15.4. The van der Waals surface area contributed by atoms with E-state index in [0.29, 0.717) is 18.2 Å². The minimum absolute atomic E-state index is 0.167. The minimum Gasteiger partial charge on any atom is -0.460 e. The summed E-state index contributed by atoms with van der Waals surface area (Å²) in [5, 5.41) is 3.91. The van der Waals surface area contributed by atoms with Gasteiger partial charge < -0.3 is 9.15 Å². The summed E-state index contributed by atoms with van der Waals surface area (Å²) in [5.74, 6) is 0.745. The van der Waals surface area contributed by atoms with E-state index >= 15 is 0 Å². The highest BCUT2D eigenvalue weighted by Crippen LogP contribution is 2.19. The standard InChI is InChI=1S/C10H11N3O3/c1-3-15-10(14)8-5-4-7(16-8)9-11-6-12-13(9)2/h4-6H,3H2,1-2H3. The largest absolute Gasteiger partial charge is 0.460 e. The van der Waals surface area contributed by atoms with Gasteiger partial charge in [0.2, 0.25) is 5.76 Å². The van der Waals surface area contributed by atoms with Crippen molar-refractivity contribution < 1.29 is 13.9 Å². The molecule has 0 saturated carbocycles. The van der Waals surface area contributed by atoms with Gasteiger partial charge in [-0.2, -0.15) is 5.10 Å². The zero-order chi connectivity index (χ0) is 11.5. The van der Waals surface area contributed by atoms with Gasteiger partial charge in [-0.25, -0.2) is 14.5 Å². The van der Waals surface area contributed by atoms with Crippen LogP contribution in [-0.2, 0) is 11.8 Å². The Kier molecular flexibility index (Phi) is 2.72. The van der Waals surface area contributed by atoms with Crippen molar-refractivity contribution in [3.05, 3.63) is 24.2 Å². The second kappa shape index (κ2) is 4.18. The lowest BCUT2D eigenvalue weighted by Gasteiger charge is -1.97. The molecule has 6 heteroatoms. The summed E-state index contributed by atoms with van der Waals surface area (Å²) in [5.41, 5.74) is 0. The first-order valence-corrected chi connectivity index (χ1v) is 4.83. The summed E-state index contributed by atoms with van der Waals surface area (Å²) in [6.45, 7) is 2.06. The lowest BCUT2D eigenvalue weighted by molar-refractivity contribution is 0.0491. The lowest BCUT2D eigenvalue weighted by atomic mass is 10.4. The molecule has 2 rings (SSSR count). The van der Waals surface area contributed by atoms with E-state index in [-0.39, 0.29) is 5.76 Å². The molecule has 2 aromatic rings. The number of carbonyl (C=O) groups is 1. The molecule has 2 aromatic heterocycles. The number of aromatic nitrogens is 3. The smallest absolute Gasteiger partial charge is 0.374 e. The zero-order valence-corrected chi connectivity index (χ0v) is 9.01. The van der Waals surface area contributed by atoms with Gasteiger partial charge in [-0.15, -0.1) is 0 Å². The highest BCUT2D eigenvalue weighted by atomic mass is 16.5. The Bertz CT molecular complexity index is 501. The third kappa shape index (κ3) is 1.81. The Balaban J connectivity index is 2.26. The number of rotatable bonds is 3. The van der Waals surface area contributed by atoms with Gasteiger partial charge in [0.1, 0.15) is 6.33 Å². The molecule has 6 nitrogen and oxygen atoms in total. The van der Waals surface area contributed by atoms with E-state index < -0.39 is 5.97 Å². The number of aryl methyl sites for hydroxylation is 1. The maximum Gasteiger partial charge on any atom is 0.374 e. The summed E-state index contributed by atoms with van der Waals surface area (Å²) >= 11 is 0. The molecule has 0 aliphatic carbocycles. The van der Waals surface area contributed by atoms with Crippen LogP contribution in [0.5, 0.6) is 0 Å². The third-order valence-corrected chi connectivity index (χ3v) is 2.01. The van der Waals surface area contributed by atoms with Crippen LogP contribution in [0.15, 0.2) is 22.9 Å². The average Bonchev–Trinajstić information content (AvgIpc) is 2.86. The van der Waals surface area contributed by atoms with Crippen LogP contribution in [0, 0.1) is 0 Å². The highest BCUT2D eigenvalue weighted by Gasteiger charge is 2.15. The molecule has 2 heterocycles. The van der Waals surface area contributed by atoms with Gasteiger partial charge in [0.15, 0.2) is 11.6 Å². The van der Waals surface area contributed by atoms with Crippen LogP contribution in [0.1, 0.15) is 17.5 Å². The van der Waals surface area contributed by atoms with E-state index in [2.05, 4.69) is 10.1 Å². The summed E-state index contributed by atoms with van der Waals surface area (Å²) in [6.07, 6.45) is 1.42. The maximum absolute atomic E-state index is 11.4. The Labute approximate surface area is 91.8 Å². The van der Waals surface area contributed by atoms with Crippen LogP contribution >= 0.6 is 0 Å². The molecule has 0 atom stereocenters. The number of furan rings is 1. The molecular formula is C10H11N3O3. The van der Waals surface area contributed by atoms with Crippen molar-refractivity contribution in [3.63, 3.8) is 0 Å². The molecule has 0 bridgehead atoms. The quantitative estimate of drug-likeness (QED) is 0.729. The second-order valence-corrected chi connectivity index (χ2v) is 3.09. The van der Waals surface area contributed by atoms with E-state index in [1.807, 2.05) is 0 Å². The third-order valence-electron chi connectivity index (χ3n) is 2.01. The van der Waals surface area contributed by atoms with Crippen LogP contribution in [0.4, 0.5) is 0 Å². The van der Waals surface area contributed by atoms with Crippen molar-refractivity contribution in [1.29, 1.82) is 0 Å². The van der Waals surface area contributed by atoms with E-state index in [4.69, 9.17) is 9.15 Å². The molecule has 0 radical (unpaired) electrons. The number of hydrogen-bond acceptors (Lipinski definition) is 5. The normalized spacial score (nSPS) is 10.4. The Morgan fingerprint density at radius 1 is 1.56 bits per heavy atom. The SMILES string of the molecule is CCOC(=O)c1ccc(-c2ncnn2C)o1. The van der Waals surface area contributed by atoms with Crippen LogP contribution in [0.3, 0.4) is 0 Å². The Morgan fingerprint density at radius 2 is 2.38 bits per heavy atom. The zero-order valence-electron chi connectivity index (χ0n) is 9.01. The number of nitrogens with zero attached hydrogens (tertiary/aromatic N) is 3. The fraction of sp³-hybridized carbons (Fsp3) is 0.300. The van der Waals surface area contributed by atoms with Gasteiger partial charge in [0.05, 0.1) is 6.61 Å². The molecule has 0 aliphatic rings. The second-order valence-electron chi connectivity index (χ2n) is 3.09. The molecule has 16 heavy (non-hydrogen) atoms. The predicted molar refractivity (Wildman–Crippen MR) is 54.7 cm³/mol. The lowest BCUT2D eigenvalue weighted by Crippen LogP contribution is -2.02. The first-order valence-electron chi connectivity index (χ1n) is 4.83. The number of ether oxygens (including phenoxy) is 1. The van der Waals surface area contributed by atoms with E-state index in [0.717, 1.165) is 0 Å². The van der Waals surface area contributed by atoms with E-state index in [1.54, 1.807) is 30.8 Å². The highest BCUT2D eigenvalue weighted by molar-refractivity contribution is 5.86. The summed E-state index contributed by atoms with van der Waals surface area (Å²) < 4.78 is 11.7. The monoisotopic (exact) mass is 221 g/mol. The fourth-order valence-electron chi connectivity index (χ4n) is 1.29. The molecule has 0 aromatic carbocycles. The molecule has 0 aliphatic heterocycles. The van der Waals surface area contributed by atoms with Crippen molar-refractivity contribution in [3.8, 4) is 11.6 Å². The van der Waals surface area contributed by atoms with Gasteiger partial charge in [0, 0.05) is 7.05 Å². The number of esters is 1. The molecular weight excluding hydrogens is 210 g/mol. The van der Waals surface area contributed by atoms with Crippen LogP contribution in [0.25, 0.3) is 11.6 Å². The first-order chi connectivity index (χ1) is 7.72. The van der Waals surface area contributed by atoms with Crippen molar-refractivity contribution in [2.24, 2.45) is 7.05 Å². The minimum atomic E-state index is -0.476. The maximum atomic E-state index is 11.4. The van der Waals surface area contributed by atoms with Gasteiger partial charge in [-0.3, -0.25) is 0 Å². The van der Waals surface area contributed by atoms with Crippen LogP contribution in [-0.4, -0.2) is 27.3 Å². The molecule has 0 spiro atoms. The molecule has 0 saturated heterocycles. The molecule has 0 unspecified atom stereocenters. The fourth-order valence-corrected chi connectivity index (χ4v) is 1.29. The summed E-state index contributed by atoms with van der Waals surface area (Å²) in [7, 11) is 1.74. The van der Waals surface area contributed by atoms with Crippen LogP contribution < -0.4 is 0 Å². The van der Waals surface area contributed by atoms with Crippen LogP contribution in [0.2, 0.25) is 0 Å². The topological polar surface area (TPSA) is 70.2 Å². The van der Waals surface area contributed by atoms with Crippen molar-refractivity contribution in [2.75, 3.05) is 6.61 Å². The van der Waals surface area contributed by atoms with Crippen molar-refractivity contribution in [2.45, 2.75) is 6.92 Å². The average molecular weight is 221 g/mol. The predicted octanol–water partition coefficient (Wildman–Crippen LogP) is 1.25. The van der Waals surface area contributed by atoms with Gasteiger partial charge in [-0.05, 0) is 19.1 Å². The number of hydrogen-bond donors (Lipinski definition) is 0. The Morgan fingerprint density at radius 3 is 3.00 bits per heavy atom. The molecule has 0 N–H and O–H groups in total. The molecule has 84 valence electrons. The van der Waals surface area contributed by atoms with Gasteiger partial charge in [0.25, 0.3) is 0 Å². The number of carbonyl (C=O) groups excluding carboxylic acids is 1. The molecule has 0 amide bonds. The van der Waals surface area contributed by atoms with Crippen molar-refractivity contribution >= 4 is 5.97 Å². The Hall–Kier alpha value is -2.11.